The summed E-state index contributed by atoms with van der Waals surface area (Å²) in [5.41, 5.74) is 2.41. The first-order valence-electron chi connectivity index (χ1n) is 8.17. The summed E-state index contributed by atoms with van der Waals surface area (Å²) in [6.45, 7) is 6.64. The van der Waals surface area contributed by atoms with Gasteiger partial charge in [-0.25, -0.2) is 0 Å². The third kappa shape index (κ3) is 3.20. The number of ketones is 1. The predicted octanol–water partition coefficient (Wildman–Crippen LogP) is 3.82. The first kappa shape index (κ1) is 16.3. The van der Waals surface area contributed by atoms with Gasteiger partial charge in [-0.05, 0) is 43.0 Å². The average molecular weight is 326 g/mol. The molecule has 1 aromatic carbocycles. The molecule has 126 valence electrons. The second kappa shape index (κ2) is 6.15. The molecule has 0 saturated carbocycles. The number of Topliss-reactive ketones (excluding diaryl/α,β-unsaturated/α-hetero) is 1. The molecule has 1 aromatic heterocycles. The number of aromatic amines is 1. The Kier molecular flexibility index (Phi) is 4.18. The summed E-state index contributed by atoms with van der Waals surface area (Å²) in [4.78, 5) is 28.1. The number of amides is 1. The zero-order valence-electron chi connectivity index (χ0n) is 14.2. The van der Waals surface area contributed by atoms with Crippen LogP contribution < -0.4 is 10.1 Å². The molecule has 2 N–H and O–H groups in total. The van der Waals surface area contributed by atoms with E-state index in [-0.39, 0.29) is 17.1 Å². The van der Waals surface area contributed by atoms with Gasteiger partial charge in [-0.2, -0.15) is 0 Å². The van der Waals surface area contributed by atoms with Crippen LogP contribution in [0.4, 0.5) is 5.69 Å². The van der Waals surface area contributed by atoms with Crippen molar-refractivity contribution in [2.45, 2.75) is 33.6 Å². The minimum absolute atomic E-state index is 0.0272. The molecule has 24 heavy (non-hydrogen) atoms. The Morgan fingerprint density at radius 3 is 2.62 bits per heavy atom. The molecule has 1 heterocycles. The summed E-state index contributed by atoms with van der Waals surface area (Å²) in [5.74, 6) is 0.510. The number of carbonyl (C=O) groups is 2. The molecule has 0 saturated heterocycles. The maximum atomic E-state index is 12.6. The van der Waals surface area contributed by atoms with E-state index in [2.05, 4.69) is 24.1 Å². The lowest BCUT2D eigenvalue weighted by Gasteiger charge is -2.28. The van der Waals surface area contributed by atoms with Crippen LogP contribution in [0.5, 0.6) is 5.75 Å². The molecule has 1 amide bonds. The van der Waals surface area contributed by atoms with E-state index in [9.17, 15) is 9.59 Å². The number of nitrogens with one attached hydrogen (secondary N) is 2. The van der Waals surface area contributed by atoms with Crippen molar-refractivity contribution in [3.8, 4) is 5.75 Å². The number of anilines is 1. The van der Waals surface area contributed by atoms with E-state index in [4.69, 9.17) is 4.74 Å². The molecule has 0 bridgehead atoms. The summed E-state index contributed by atoms with van der Waals surface area (Å²) < 4.78 is 5.38. The van der Waals surface area contributed by atoms with E-state index in [1.807, 2.05) is 6.92 Å². The highest BCUT2D eigenvalue weighted by molar-refractivity contribution is 6.13. The topological polar surface area (TPSA) is 71.2 Å². The molecule has 0 atom stereocenters. The molecule has 2 aromatic rings. The first-order valence-corrected chi connectivity index (χ1v) is 8.17. The van der Waals surface area contributed by atoms with Crippen molar-refractivity contribution in [3.05, 3.63) is 47.3 Å². The lowest BCUT2D eigenvalue weighted by atomic mass is 9.75. The fourth-order valence-corrected chi connectivity index (χ4v) is 3.17. The quantitative estimate of drug-likeness (QED) is 0.897. The van der Waals surface area contributed by atoms with Crippen LogP contribution in [-0.2, 0) is 6.42 Å². The number of hydrogen-bond acceptors (Lipinski definition) is 3. The van der Waals surface area contributed by atoms with Crippen molar-refractivity contribution in [3.63, 3.8) is 0 Å². The van der Waals surface area contributed by atoms with Gasteiger partial charge in [0.25, 0.3) is 5.91 Å². The molecule has 0 spiro atoms. The molecule has 0 radical (unpaired) electrons. The normalized spacial score (nSPS) is 15.7. The highest BCUT2D eigenvalue weighted by Gasteiger charge is 2.35. The van der Waals surface area contributed by atoms with Gasteiger partial charge in [0.1, 0.15) is 5.75 Å². The Morgan fingerprint density at radius 1 is 1.25 bits per heavy atom. The van der Waals surface area contributed by atoms with Crippen molar-refractivity contribution in [1.29, 1.82) is 0 Å². The number of aromatic nitrogens is 1. The van der Waals surface area contributed by atoms with Crippen molar-refractivity contribution >= 4 is 17.4 Å². The maximum absolute atomic E-state index is 12.6. The first-order chi connectivity index (χ1) is 11.4. The second-order valence-corrected chi connectivity index (χ2v) is 6.91. The Bertz CT molecular complexity index is 772. The van der Waals surface area contributed by atoms with E-state index in [0.717, 1.165) is 17.9 Å². The number of H-pyrrole nitrogens is 1. The van der Waals surface area contributed by atoms with E-state index in [0.29, 0.717) is 29.8 Å². The molecule has 5 nitrogen and oxygen atoms in total. The number of fused-ring (bicyclic) bond motifs is 1. The Morgan fingerprint density at radius 2 is 1.96 bits per heavy atom. The second-order valence-electron chi connectivity index (χ2n) is 6.91. The number of benzene rings is 1. The van der Waals surface area contributed by atoms with E-state index < -0.39 is 0 Å². The van der Waals surface area contributed by atoms with Gasteiger partial charge >= 0.3 is 0 Å². The summed E-state index contributed by atoms with van der Waals surface area (Å²) in [6, 6.07) is 7.18. The molecule has 0 unspecified atom stereocenters. The molecule has 1 aliphatic carbocycles. The standard InChI is InChI=1S/C19H22N2O3/c1-4-24-13-7-5-12(6-8-13)21-18(23)14-11-20-15-9-19(2,3)10-16(22)17(14)15/h5-8,11,20H,4,9-10H2,1-3H3,(H,21,23). The van der Waals surface area contributed by atoms with Crippen LogP contribution in [0.25, 0.3) is 0 Å². The predicted molar refractivity (Wildman–Crippen MR) is 92.8 cm³/mol. The molecular formula is C19H22N2O3. The van der Waals surface area contributed by atoms with Gasteiger partial charge in [0, 0.05) is 24.0 Å². The smallest absolute Gasteiger partial charge is 0.257 e. The van der Waals surface area contributed by atoms with Gasteiger partial charge in [-0.15, -0.1) is 0 Å². The zero-order valence-corrected chi connectivity index (χ0v) is 14.2. The molecule has 0 fully saturated rings. The van der Waals surface area contributed by atoms with Crippen LogP contribution in [-0.4, -0.2) is 23.3 Å². The molecule has 5 heteroatoms. The van der Waals surface area contributed by atoms with Gasteiger partial charge < -0.3 is 15.0 Å². The summed E-state index contributed by atoms with van der Waals surface area (Å²) >= 11 is 0. The van der Waals surface area contributed by atoms with Crippen LogP contribution in [0.3, 0.4) is 0 Å². The molecular weight excluding hydrogens is 304 g/mol. The van der Waals surface area contributed by atoms with Gasteiger partial charge in [0.15, 0.2) is 5.78 Å². The fourth-order valence-electron chi connectivity index (χ4n) is 3.17. The third-order valence-electron chi connectivity index (χ3n) is 4.20. The number of carbonyl (C=O) groups excluding carboxylic acids is 2. The monoisotopic (exact) mass is 326 g/mol. The maximum Gasteiger partial charge on any atom is 0.257 e. The summed E-state index contributed by atoms with van der Waals surface area (Å²) in [6.07, 6.45) is 2.86. The number of ether oxygens (including phenoxy) is 1. The number of hydrogen-bond donors (Lipinski definition) is 2. The third-order valence-corrected chi connectivity index (χ3v) is 4.20. The average Bonchev–Trinajstić information content (AvgIpc) is 2.92. The SMILES string of the molecule is CCOc1ccc(NC(=O)c2c[nH]c3c2C(=O)CC(C)(C)C3)cc1. The van der Waals surface area contributed by atoms with Crippen molar-refractivity contribution in [2.75, 3.05) is 11.9 Å². The van der Waals surface area contributed by atoms with Crippen molar-refractivity contribution in [2.24, 2.45) is 5.41 Å². The van der Waals surface area contributed by atoms with E-state index in [1.54, 1.807) is 30.5 Å². The van der Waals surface area contributed by atoms with Crippen LogP contribution in [0, 0.1) is 5.41 Å². The summed E-state index contributed by atoms with van der Waals surface area (Å²) in [7, 11) is 0. The van der Waals surface area contributed by atoms with E-state index >= 15 is 0 Å². The lowest BCUT2D eigenvalue weighted by Crippen LogP contribution is -2.28. The Labute approximate surface area is 141 Å². The van der Waals surface area contributed by atoms with Crippen molar-refractivity contribution in [1.82, 2.24) is 4.98 Å². The molecule has 1 aliphatic rings. The Hall–Kier alpha value is -2.56. The minimum Gasteiger partial charge on any atom is -0.494 e. The fraction of sp³-hybridized carbons (Fsp3) is 0.368. The number of rotatable bonds is 4. The van der Waals surface area contributed by atoms with Crippen LogP contribution in [0.2, 0.25) is 0 Å². The van der Waals surface area contributed by atoms with Crippen LogP contribution in [0.1, 0.15) is 53.6 Å². The summed E-state index contributed by atoms with van der Waals surface area (Å²) in [5, 5.41) is 2.84. The highest BCUT2D eigenvalue weighted by Crippen LogP contribution is 2.35. The minimum atomic E-state index is -0.273. The van der Waals surface area contributed by atoms with Gasteiger partial charge in [-0.1, -0.05) is 13.8 Å². The van der Waals surface area contributed by atoms with Crippen LogP contribution >= 0.6 is 0 Å². The van der Waals surface area contributed by atoms with E-state index in [1.165, 1.54) is 0 Å². The molecule has 3 rings (SSSR count). The van der Waals surface area contributed by atoms with Gasteiger partial charge in [-0.3, -0.25) is 9.59 Å². The van der Waals surface area contributed by atoms with Gasteiger partial charge in [0.2, 0.25) is 0 Å². The van der Waals surface area contributed by atoms with Gasteiger partial charge in [0.05, 0.1) is 17.7 Å². The largest absolute Gasteiger partial charge is 0.494 e. The highest BCUT2D eigenvalue weighted by atomic mass is 16.5. The lowest BCUT2D eigenvalue weighted by molar-refractivity contribution is 0.0902. The molecule has 0 aliphatic heterocycles. The van der Waals surface area contributed by atoms with Crippen molar-refractivity contribution < 1.29 is 14.3 Å². The van der Waals surface area contributed by atoms with Crippen LogP contribution in [0.15, 0.2) is 30.5 Å². The zero-order chi connectivity index (χ0) is 17.3. The Balaban J connectivity index is 1.79.